The Balaban J connectivity index is 1.47. The first kappa shape index (κ1) is 17.6. The van der Waals surface area contributed by atoms with Crippen LogP contribution in [0.15, 0.2) is 35.0 Å². The highest BCUT2D eigenvalue weighted by Gasteiger charge is 2.38. The zero-order chi connectivity index (χ0) is 19.3. The van der Waals surface area contributed by atoms with Crippen LogP contribution in [-0.2, 0) is 4.74 Å². The quantitative estimate of drug-likeness (QED) is 0.500. The van der Waals surface area contributed by atoms with Gasteiger partial charge in [-0.2, -0.15) is 4.98 Å². The van der Waals surface area contributed by atoms with Gasteiger partial charge in [0.25, 0.3) is 0 Å². The normalized spacial score (nSPS) is 19.8. The van der Waals surface area contributed by atoms with Gasteiger partial charge in [0, 0.05) is 30.7 Å². The van der Waals surface area contributed by atoms with E-state index in [9.17, 15) is 0 Å². The molecular weight excluding hydrogens is 400 g/mol. The van der Waals surface area contributed by atoms with E-state index in [-0.39, 0.29) is 12.1 Å². The van der Waals surface area contributed by atoms with Gasteiger partial charge >= 0.3 is 0 Å². The topological polar surface area (TPSA) is 81.6 Å². The van der Waals surface area contributed by atoms with E-state index in [0.717, 1.165) is 27.8 Å². The number of rotatable bonds is 4. The highest BCUT2D eigenvalue weighted by molar-refractivity contribution is 7.20. The van der Waals surface area contributed by atoms with E-state index in [0.29, 0.717) is 23.3 Å². The lowest BCUT2D eigenvalue weighted by Crippen LogP contribution is -2.25. The van der Waals surface area contributed by atoms with E-state index in [1.54, 1.807) is 11.6 Å². The molecule has 28 heavy (non-hydrogen) atoms. The summed E-state index contributed by atoms with van der Waals surface area (Å²) in [5.74, 6) is 1.21. The van der Waals surface area contributed by atoms with Crippen LogP contribution in [-0.4, -0.2) is 44.5 Å². The number of methoxy groups -OCH3 is 1. The van der Waals surface area contributed by atoms with Crippen LogP contribution >= 0.6 is 22.9 Å². The van der Waals surface area contributed by atoms with Crippen molar-refractivity contribution in [3.63, 3.8) is 0 Å². The fraction of sp³-hybridized carbons (Fsp3) is 0.333. The fourth-order valence-corrected chi connectivity index (χ4v) is 4.50. The fourth-order valence-electron chi connectivity index (χ4n) is 3.43. The average Bonchev–Trinajstić information content (AvgIpc) is 3.43. The molecule has 1 aromatic carbocycles. The molecule has 8 nitrogen and oxygen atoms in total. The molecule has 1 aliphatic rings. The number of fused-ring (bicyclic) bond motifs is 1. The molecule has 0 radical (unpaired) electrons. The van der Waals surface area contributed by atoms with Gasteiger partial charge in [-0.05, 0) is 19.1 Å². The zero-order valence-electron chi connectivity index (χ0n) is 15.2. The Bertz CT molecular complexity index is 1090. The molecular formula is C18H17ClN6O2S. The van der Waals surface area contributed by atoms with Crippen LogP contribution < -0.4 is 4.90 Å². The predicted molar refractivity (Wildman–Crippen MR) is 106 cm³/mol. The minimum Gasteiger partial charge on any atom is -0.380 e. The number of ether oxygens (including phenoxy) is 1. The lowest BCUT2D eigenvalue weighted by atomic mass is 10.2. The number of imidazole rings is 1. The Morgan fingerprint density at radius 3 is 2.75 bits per heavy atom. The van der Waals surface area contributed by atoms with Crippen molar-refractivity contribution in [2.75, 3.05) is 18.6 Å². The highest BCUT2D eigenvalue weighted by Crippen LogP contribution is 2.38. The molecule has 1 aliphatic heterocycles. The molecule has 1 fully saturated rings. The minimum absolute atomic E-state index is 0.0576. The van der Waals surface area contributed by atoms with Crippen LogP contribution in [0.5, 0.6) is 0 Å². The largest absolute Gasteiger partial charge is 0.380 e. The molecule has 5 rings (SSSR count). The minimum atomic E-state index is -0.0576. The Morgan fingerprint density at radius 2 is 2.07 bits per heavy atom. The second kappa shape index (κ2) is 6.84. The molecule has 2 unspecified atom stereocenters. The Morgan fingerprint density at radius 1 is 1.25 bits per heavy atom. The number of hydrogen-bond acceptors (Lipinski definition) is 8. The predicted octanol–water partition coefficient (Wildman–Crippen LogP) is 3.77. The van der Waals surface area contributed by atoms with E-state index >= 15 is 0 Å². The first-order chi connectivity index (χ1) is 13.6. The summed E-state index contributed by atoms with van der Waals surface area (Å²) in [6, 6.07) is 7.56. The van der Waals surface area contributed by atoms with E-state index < -0.39 is 0 Å². The summed E-state index contributed by atoms with van der Waals surface area (Å²) in [4.78, 5) is 12.1. The average molecular weight is 417 g/mol. The van der Waals surface area contributed by atoms with Crippen LogP contribution in [0.25, 0.3) is 16.2 Å². The van der Waals surface area contributed by atoms with Crippen molar-refractivity contribution in [2.45, 2.75) is 25.5 Å². The van der Waals surface area contributed by atoms with Crippen LogP contribution in [0, 0.1) is 6.92 Å². The monoisotopic (exact) mass is 416 g/mol. The van der Waals surface area contributed by atoms with Crippen molar-refractivity contribution >= 4 is 33.0 Å². The molecule has 0 bridgehead atoms. The molecule has 0 N–H and O–H groups in total. The van der Waals surface area contributed by atoms with Gasteiger partial charge in [0.05, 0.1) is 18.0 Å². The molecule has 0 amide bonds. The summed E-state index contributed by atoms with van der Waals surface area (Å²) < 4.78 is 12.8. The third kappa shape index (κ3) is 3.05. The molecule has 144 valence electrons. The van der Waals surface area contributed by atoms with Gasteiger partial charge in [0.15, 0.2) is 5.82 Å². The Labute approximate surface area is 169 Å². The number of benzene rings is 1. The van der Waals surface area contributed by atoms with Gasteiger partial charge in [-0.1, -0.05) is 40.2 Å². The maximum Gasteiger partial charge on any atom is 0.249 e. The van der Waals surface area contributed by atoms with E-state index in [2.05, 4.69) is 15.0 Å². The smallest absolute Gasteiger partial charge is 0.249 e. The maximum absolute atomic E-state index is 5.97. The van der Waals surface area contributed by atoms with E-state index in [4.69, 9.17) is 30.9 Å². The van der Waals surface area contributed by atoms with Crippen molar-refractivity contribution in [1.29, 1.82) is 0 Å². The van der Waals surface area contributed by atoms with E-state index in [1.165, 1.54) is 11.3 Å². The highest BCUT2D eigenvalue weighted by atomic mass is 35.5. The first-order valence-corrected chi connectivity index (χ1v) is 10.0. The second-order valence-corrected chi connectivity index (χ2v) is 8.06. The molecule has 0 saturated carbocycles. The summed E-state index contributed by atoms with van der Waals surface area (Å²) in [6.07, 6.45) is 2.78. The molecule has 4 aromatic rings. The summed E-state index contributed by atoms with van der Waals surface area (Å²) >= 11 is 7.50. The molecule has 10 heteroatoms. The standard InChI is InChI=1S/C18H17ClN6O2S/c1-10-20-16(27-23-10)15-7-13(26-2)8-24(15)18-22-25-9-14(21-17(25)28-18)11-3-5-12(19)6-4-11/h3-6,9,13,15H,7-8H2,1-2H3. The van der Waals surface area contributed by atoms with Crippen LogP contribution in [0.4, 0.5) is 5.13 Å². The van der Waals surface area contributed by atoms with Gasteiger partial charge in [0.2, 0.25) is 16.0 Å². The zero-order valence-corrected chi connectivity index (χ0v) is 16.8. The molecule has 4 heterocycles. The van der Waals surface area contributed by atoms with Gasteiger partial charge in [-0.25, -0.2) is 9.50 Å². The van der Waals surface area contributed by atoms with E-state index in [1.807, 2.05) is 37.4 Å². The number of nitrogens with zero attached hydrogens (tertiary/aromatic N) is 6. The van der Waals surface area contributed by atoms with Gasteiger partial charge in [-0.3, -0.25) is 0 Å². The third-order valence-corrected chi connectivity index (χ3v) is 6.05. The summed E-state index contributed by atoms with van der Waals surface area (Å²) in [7, 11) is 1.72. The van der Waals surface area contributed by atoms with Crippen LogP contribution in [0.1, 0.15) is 24.2 Å². The van der Waals surface area contributed by atoms with Crippen molar-refractivity contribution in [3.8, 4) is 11.3 Å². The summed E-state index contributed by atoms with van der Waals surface area (Å²) in [5, 5.41) is 10.2. The second-order valence-electron chi connectivity index (χ2n) is 6.69. The van der Waals surface area contributed by atoms with Crippen LogP contribution in [0.3, 0.4) is 0 Å². The number of halogens is 1. The molecule has 0 aliphatic carbocycles. The van der Waals surface area contributed by atoms with Crippen molar-refractivity contribution in [2.24, 2.45) is 0 Å². The van der Waals surface area contributed by atoms with Crippen molar-refractivity contribution in [3.05, 3.63) is 47.2 Å². The Kier molecular flexibility index (Phi) is 4.30. The summed E-state index contributed by atoms with van der Waals surface area (Å²) in [5.41, 5.74) is 1.87. The SMILES string of the molecule is COC1CC(c2nc(C)no2)N(c2nn3cc(-c4ccc(Cl)cc4)nc3s2)C1. The van der Waals surface area contributed by atoms with Gasteiger partial charge < -0.3 is 14.2 Å². The lowest BCUT2D eigenvalue weighted by molar-refractivity contribution is 0.117. The van der Waals surface area contributed by atoms with Gasteiger partial charge in [0.1, 0.15) is 6.04 Å². The molecule has 1 saturated heterocycles. The number of hydrogen-bond donors (Lipinski definition) is 0. The molecule has 0 spiro atoms. The van der Waals surface area contributed by atoms with Crippen LogP contribution in [0.2, 0.25) is 5.02 Å². The van der Waals surface area contributed by atoms with Crippen molar-refractivity contribution in [1.82, 2.24) is 24.7 Å². The number of aromatic nitrogens is 5. The summed E-state index contributed by atoms with van der Waals surface area (Å²) in [6.45, 7) is 2.53. The molecule has 3 aromatic heterocycles. The first-order valence-electron chi connectivity index (χ1n) is 8.82. The third-order valence-electron chi connectivity index (χ3n) is 4.84. The maximum atomic E-state index is 5.97. The molecule has 2 atom stereocenters. The lowest BCUT2D eigenvalue weighted by Gasteiger charge is -2.19. The Hall–Kier alpha value is -2.49. The van der Waals surface area contributed by atoms with Gasteiger partial charge in [-0.15, -0.1) is 5.10 Å². The number of anilines is 1. The number of aryl methyl sites for hydroxylation is 1. The van der Waals surface area contributed by atoms with Crippen molar-refractivity contribution < 1.29 is 9.26 Å².